The van der Waals surface area contributed by atoms with Crippen LogP contribution >= 0.6 is 0 Å². The minimum Gasteiger partial charge on any atom is -0.497 e. The van der Waals surface area contributed by atoms with Crippen LogP contribution in [0.1, 0.15) is 51.9 Å². The van der Waals surface area contributed by atoms with E-state index in [2.05, 4.69) is 24.4 Å². The quantitative estimate of drug-likeness (QED) is 0.764. The number of hydrogen-bond donors (Lipinski definition) is 1. The molecule has 2 atom stereocenters. The van der Waals surface area contributed by atoms with Crippen LogP contribution in [-0.2, 0) is 0 Å². The minimum absolute atomic E-state index is 0.648. The molecular formula is C17H27NO. The molecular weight excluding hydrogens is 234 g/mol. The van der Waals surface area contributed by atoms with Gasteiger partial charge in [0.1, 0.15) is 5.75 Å². The van der Waals surface area contributed by atoms with Gasteiger partial charge in [0.05, 0.1) is 7.11 Å². The largest absolute Gasteiger partial charge is 0.497 e. The average Bonchev–Trinajstić information content (AvgIpc) is 2.66. The van der Waals surface area contributed by atoms with Gasteiger partial charge in [-0.1, -0.05) is 32.6 Å². The molecule has 2 heteroatoms. The molecule has 0 aliphatic heterocycles. The molecule has 0 heterocycles. The number of nitrogens with one attached hydrogen (secondary N) is 1. The smallest absolute Gasteiger partial charge is 0.119 e. The zero-order valence-corrected chi connectivity index (χ0v) is 12.3. The molecule has 2 nitrogen and oxygen atoms in total. The zero-order valence-electron chi connectivity index (χ0n) is 12.3. The van der Waals surface area contributed by atoms with Crippen LogP contribution in [0.5, 0.6) is 5.75 Å². The van der Waals surface area contributed by atoms with E-state index in [0.29, 0.717) is 6.04 Å². The Labute approximate surface area is 117 Å². The Balaban J connectivity index is 1.84. The number of ether oxygens (including phenoxy) is 1. The second-order valence-electron chi connectivity index (χ2n) is 5.73. The first-order valence-electron chi connectivity index (χ1n) is 7.72. The van der Waals surface area contributed by atoms with Gasteiger partial charge in [0, 0.05) is 11.7 Å². The Morgan fingerprint density at radius 2 is 1.89 bits per heavy atom. The predicted molar refractivity (Wildman–Crippen MR) is 81.9 cm³/mol. The third-order valence-electron chi connectivity index (χ3n) is 4.25. The van der Waals surface area contributed by atoms with Gasteiger partial charge in [-0.05, 0) is 49.4 Å². The molecule has 0 amide bonds. The second kappa shape index (κ2) is 7.42. The van der Waals surface area contributed by atoms with Crippen molar-refractivity contribution < 1.29 is 4.74 Å². The molecule has 0 spiro atoms. The lowest BCUT2D eigenvalue weighted by Crippen LogP contribution is -2.18. The van der Waals surface area contributed by atoms with E-state index in [0.717, 1.165) is 11.7 Å². The summed E-state index contributed by atoms with van der Waals surface area (Å²) in [7, 11) is 1.71. The highest BCUT2D eigenvalue weighted by Gasteiger charge is 2.18. The van der Waals surface area contributed by atoms with Gasteiger partial charge in [0.15, 0.2) is 0 Å². The summed E-state index contributed by atoms with van der Waals surface area (Å²) in [6, 6.07) is 8.94. The summed E-state index contributed by atoms with van der Waals surface area (Å²) in [5.41, 5.74) is 1.22. The van der Waals surface area contributed by atoms with Gasteiger partial charge < -0.3 is 10.1 Å². The first-order chi connectivity index (χ1) is 9.31. The van der Waals surface area contributed by atoms with Gasteiger partial charge in [-0.3, -0.25) is 0 Å². The summed E-state index contributed by atoms with van der Waals surface area (Å²) < 4.78 is 5.19. The van der Waals surface area contributed by atoms with Crippen LogP contribution in [0.3, 0.4) is 0 Å². The Kier molecular flexibility index (Phi) is 5.56. The summed E-state index contributed by atoms with van der Waals surface area (Å²) in [6.07, 6.45) is 9.56. The molecule has 106 valence electrons. The fourth-order valence-corrected chi connectivity index (χ4v) is 3.14. The molecule has 2 unspecified atom stereocenters. The Morgan fingerprint density at radius 1 is 1.11 bits per heavy atom. The van der Waals surface area contributed by atoms with Crippen LogP contribution in [0, 0.1) is 5.92 Å². The van der Waals surface area contributed by atoms with E-state index >= 15 is 0 Å². The molecule has 19 heavy (non-hydrogen) atoms. The van der Waals surface area contributed by atoms with Gasteiger partial charge >= 0.3 is 0 Å². The van der Waals surface area contributed by atoms with Gasteiger partial charge in [-0.2, -0.15) is 0 Å². The normalized spacial score (nSPS) is 23.7. The van der Waals surface area contributed by atoms with Crippen molar-refractivity contribution in [2.24, 2.45) is 5.92 Å². The second-order valence-corrected chi connectivity index (χ2v) is 5.73. The summed E-state index contributed by atoms with van der Waals surface area (Å²) in [5, 5.41) is 3.68. The van der Waals surface area contributed by atoms with Crippen molar-refractivity contribution in [2.45, 2.75) is 57.9 Å². The van der Waals surface area contributed by atoms with Crippen molar-refractivity contribution >= 4 is 5.69 Å². The zero-order chi connectivity index (χ0) is 13.5. The monoisotopic (exact) mass is 261 g/mol. The molecule has 1 aromatic rings. The van der Waals surface area contributed by atoms with E-state index in [-0.39, 0.29) is 0 Å². The highest BCUT2D eigenvalue weighted by Crippen LogP contribution is 2.28. The molecule has 1 fully saturated rings. The van der Waals surface area contributed by atoms with E-state index in [1.54, 1.807) is 7.11 Å². The average molecular weight is 261 g/mol. The van der Waals surface area contributed by atoms with Crippen LogP contribution in [0.25, 0.3) is 0 Å². The number of benzene rings is 1. The Morgan fingerprint density at radius 3 is 2.58 bits per heavy atom. The van der Waals surface area contributed by atoms with Gasteiger partial charge in [0.25, 0.3) is 0 Å². The number of methoxy groups -OCH3 is 1. The van der Waals surface area contributed by atoms with Crippen LogP contribution in [-0.4, -0.2) is 13.2 Å². The third-order valence-corrected chi connectivity index (χ3v) is 4.25. The topological polar surface area (TPSA) is 21.3 Å². The van der Waals surface area contributed by atoms with E-state index in [9.17, 15) is 0 Å². The lowest BCUT2D eigenvalue weighted by atomic mass is 9.95. The molecule has 1 saturated carbocycles. The molecule has 1 N–H and O–H groups in total. The van der Waals surface area contributed by atoms with E-state index < -0.39 is 0 Å². The van der Waals surface area contributed by atoms with Crippen molar-refractivity contribution in [3.63, 3.8) is 0 Å². The van der Waals surface area contributed by atoms with Crippen molar-refractivity contribution in [2.75, 3.05) is 12.4 Å². The summed E-state index contributed by atoms with van der Waals surface area (Å²) in [5.74, 6) is 1.89. The maximum Gasteiger partial charge on any atom is 0.119 e. The maximum atomic E-state index is 5.19. The molecule has 0 saturated heterocycles. The molecule has 0 bridgehead atoms. The van der Waals surface area contributed by atoms with E-state index in [1.807, 2.05) is 12.1 Å². The number of anilines is 1. The molecule has 1 aliphatic rings. The Hall–Kier alpha value is -1.18. The SMILES string of the molecule is CCCC1CCCC(Nc2ccc(OC)cc2)CC1. The number of rotatable bonds is 5. The van der Waals surface area contributed by atoms with E-state index in [1.165, 1.54) is 50.6 Å². The summed E-state index contributed by atoms with van der Waals surface area (Å²) in [6.45, 7) is 2.30. The van der Waals surface area contributed by atoms with Crippen LogP contribution < -0.4 is 10.1 Å². The van der Waals surface area contributed by atoms with Crippen LogP contribution in [0.2, 0.25) is 0 Å². The summed E-state index contributed by atoms with van der Waals surface area (Å²) >= 11 is 0. The number of hydrogen-bond acceptors (Lipinski definition) is 2. The molecule has 0 radical (unpaired) electrons. The van der Waals surface area contributed by atoms with E-state index in [4.69, 9.17) is 4.74 Å². The third kappa shape index (κ3) is 4.45. The van der Waals surface area contributed by atoms with Crippen molar-refractivity contribution in [3.8, 4) is 5.75 Å². The molecule has 0 aromatic heterocycles. The van der Waals surface area contributed by atoms with Crippen LogP contribution in [0.15, 0.2) is 24.3 Å². The fraction of sp³-hybridized carbons (Fsp3) is 0.647. The van der Waals surface area contributed by atoms with Gasteiger partial charge in [-0.25, -0.2) is 0 Å². The first kappa shape index (κ1) is 14.2. The fourth-order valence-electron chi connectivity index (χ4n) is 3.14. The maximum absolute atomic E-state index is 5.19. The Bertz CT molecular complexity index is 360. The lowest BCUT2D eigenvalue weighted by Gasteiger charge is -2.18. The predicted octanol–water partition coefficient (Wildman–Crippen LogP) is 4.86. The van der Waals surface area contributed by atoms with Gasteiger partial charge in [0.2, 0.25) is 0 Å². The first-order valence-corrected chi connectivity index (χ1v) is 7.72. The van der Waals surface area contributed by atoms with Crippen molar-refractivity contribution in [3.05, 3.63) is 24.3 Å². The highest BCUT2D eigenvalue weighted by atomic mass is 16.5. The van der Waals surface area contributed by atoms with Crippen molar-refractivity contribution in [1.82, 2.24) is 0 Å². The standard InChI is InChI=1S/C17H27NO/c1-3-5-14-6-4-7-15(9-8-14)18-16-10-12-17(19-2)13-11-16/h10-15,18H,3-9H2,1-2H3. The molecule has 2 rings (SSSR count). The molecule has 1 aliphatic carbocycles. The highest BCUT2D eigenvalue weighted by molar-refractivity contribution is 5.47. The van der Waals surface area contributed by atoms with Crippen LogP contribution in [0.4, 0.5) is 5.69 Å². The lowest BCUT2D eigenvalue weighted by molar-refractivity contribution is 0.415. The summed E-state index contributed by atoms with van der Waals surface area (Å²) in [4.78, 5) is 0. The molecule has 1 aromatic carbocycles. The van der Waals surface area contributed by atoms with Crippen molar-refractivity contribution in [1.29, 1.82) is 0 Å². The minimum atomic E-state index is 0.648. The van der Waals surface area contributed by atoms with Gasteiger partial charge in [-0.15, -0.1) is 0 Å².